The number of likely N-dealkylation sites (N-methyl/N-ethyl adjacent to an activating group) is 1. The fourth-order valence-electron chi connectivity index (χ4n) is 2.71. The molecular weight excluding hydrogens is 334 g/mol. The lowest BCUT2D eigenvalue weighted by Crippen LogP contribution is -2.40. The van der Waals surface area contributed by atoms with E-state index in [1.807, 2.05) is 49.3 Å². The first-order valence-corrected chi connectivity index (χ1v) is 8.25. The Hall–Kier alpha value is -3.06. The molecule has 1 aliphatic rings. The zero-order valence-corrected chi connectivity index (χ0v) is 14.7. The summed E-state index contributed by atoms with van der Waals surface area (Å²) in [6.45, 7) is 0.475. The van der Waals surface area contributed by atoms with E-state index in [-0.39, 0.29) is 12.8 Å². The maximum Gasteiger partial charge on any atom is 0.313 e. The Kier molecular flexibility index (Phi) is 5.38. The number of hydrogen-bond donors (Lipinski definition) is 2. The van der Waals surface area contributed by atoms with Crippen LogP contribution in [0.1, 0.15) is 11.6 Å². The van der Waals surface area contributed by atoms with Crippen LogP contribution in [0.15, 0.2) is 48.5 Å². The van der Waals surface area contributed by atoms with Crippen LogP contribution in [0.3, 0.4) is 0 Å². The summed E-state index contributed by atoms with van der Waals surface area (Å²) in [6.07, 6.45) is 0. The fraction of sp³-hybridized carbons (Fsp3) is 0.263. The lowest BCUT2D eigenvalue weighted by atomic mass is 10.1. The van der Waals surface area contributed by atoms with Gasteiger partial charge in [0.25, 0.3) is 0 Å². The van der Waals surface area contributed by atoms with Crippen molar-refractivity contribution in [3.8, 4) is 11.5 Å². The zero-order valence-electron chi connectivity index (χ0n) is 14.7. The summed E-state index contributed by atoms with van der Waals surface area (Å²) in [6, 6.07) is 14.7. The van der Waals surface area contributed by atoms with Crippen LogP contribution in [0, 0.1) is 0 Å². The van der Waals surface area contributed by atoms with Gasteiger partial charge >= 0.3 is 11.8 Å². The van der Waals surface area contributed by atoms with E-state index < -0.39 is 11.8 Å². The first-order valence-electron chi connectivity index (χ1n) is 8.25. The topological polar surface area (TPSA) is 79.9 Å². The van der Waals surface area contributed by atoms with E-state index in [9.17, 15) is 9.59 Å². The van der Waals surface area contributed by atoms with Crippen LogP contribution in [-0.4, -0.2) is 44.1 Å². The average molecular weight is 355 g/mol. The summed E-state index contributed by atoms with van der Waals surface area (Å²) in [5.41, 5.74) is 1.54. The molecule has 1 aliphatic heterocycles. The van der Waals surface area contributed by atoms with E-state index in [2.05, 4.69) is 10.6 Å². The number of benzene rings is 2. The largest absolute Gasteiger partial charge is 0.454 e. The van der Waals surface area contributed by atoms with Crippen LogP contribution in [0.4, 0.5) is 5.69 Å². The Morgan fingerprint density at radius 3 is 2.50 bits per heavy atom. The highest BCUT2D eigenvalue weighted by Gasteiger charge is 2.20. The number of ether oxygens (including phenoxy) is 2. The first-order chi connectivity index (χ1) is 12.5. The molecule has 0 saturated carbocycles. The number of carbonyl (C=O) groups excluding carboxylic acids is 2. The molecular formula is C19H21N3O4. The second-order valence-electron chi connectivity index (χ2n) is 6.12. The van der Waals surface area contributed by atoms with E-state index in [1.54, 1.807) is 18.2 Å². The van der Waals surface area contributed by atoms with Crippen molar-refractivity contribution in [2.24, 2.45) is 0 Å². The molecule has 2 aromatic carbocycles. The molecule has 26 heavy (non-hydrogen) atoms. The zero-order chi connectivity index (χ0) is 18.5. The van der Waals surface area contributed by atoms with Gasteiger partial charge in [-0.05, 0) is 31.8 Å². The Morgan fingerprint density at radius 1 is 1.04 bits per heavy atom. The van der Waals surface area contributed by atoms with E-state index in [0.717, 1.165) is 5.56 Å². The molecule has 0 aliphatic carbocycles. The Labute approximate surface area is 151 Å². The first kappa shape index (κ1) is 17.8. The molecule has 2 N–H and O–H groups in total. The normalized spacial score (nSPS) is 13.3. The third-order valence-electron chi connectivity index (χ3n) is 4.10. The summed E-state index contributed by atoms with van der Waals surface area (Å²) in [4.78, 5) is 26.3. The standard InChI is InChI=1S/C19H21N3O4/c1-22(2)15(13-6-4-3-5-7-13)11-20-18(23)19(24)21-14-8-9-16-17(10-14)26-12-25-16/h3-10,15H,11-12H2,1-2H3,(H,20,23)(H,21,24)/t15-/m1/s1. The molecule has 3 rings (SSSR count). The second-order valence-corrected chi connectivity index (χ2v) is 6.12. The van der Waals surface area contributed by atoms with Crippen LogP contribution >= 0.6 is 0 Å². The minimum absolute atomic E-state index is 0.0292. The van der Waals surface area contributed by atoms with Crippen molar-refractivity contribution in [2.75, 3.05) is 32.7 Å². The third kappa shape index (κ3) is 4.12. The predicted octanol–water partition coefficient (Wildman–Crippen LogP) is 1.77. The second kappa shape index (κ2) is 7.88. The molecule has 1 atom stereocenters. The molecule has 136 valence electrons. The van der Waals surface area contributed by atoms with Gasteiger partial charge < -0.3 is 25.0 Å². The van der Waals surface area contributed by atoms with Crippen molar-refractivity contribution in [1.82, 2.24) is 10.2 Å². The monoisotopic (exact) mass is 355 g/mol. The molecule has 0 radical (unpaired) electrons. The van der Waals surface area contributed by atoms with Crippen LogP contribution in [-0.2, 0) is 9.59 Å². The number of nitrogens with one attached hydrogen (secondary N) is 2. The molecule has 1 heterocycles. The van der Waals surface area contributed by atoms with Gasteiger partial charge in [0, 0.05) is 18.3 Å². The number of hydrogen-bond acceptors (Lipinski definition) is 5. The lowest BCUT2D eigenvalue weighted by Gasteiger charge is -2.25. The van der Waals surface area contributed by atoms with Crippen LogP contribution in [0.2, 0.25) is 0 Å². The Morgan fingerprint density at radius 2 is 1.77 bits per heavy atom. The van der Waals surface area contributed by atoms with Gasteiger partial charge in [-0.2, -0.15) is 0 Å². The SMILES string of the molecule is CN(C)[C@H](CNC(=O)C(=O)Nc1ccc2c(c1)OCO2)c1ccccc1. The smallest absolute Gasteiger partial charge is 0.313 e. The van der Waals surface area contributed by atoms with E-state index in [0.29, 0.717) is 23.7 Å². The molecule has 2 aromatic rings. The third-order valence-corrected chi connectivity index (χ3v) is 4.10. The highest BCUT2D eigenvalue weighted by molar-refractivity contribution is 6.39. The maximum atomic E-state index is 12.1. The Bertz CT molecular complexity index is 793. The lowest BCUT2D eigenvalue weighted by molar-refractivity contribution is -0.136. The van der Waals surface area contributed by atoms with Crippen molar-refractivity contribution < 1.29 is 19.1 Å². The van der Waals surface area contributed by atoms with E-state index in [4.69, 9.17) is 9.47 Å². The fourth-order valence-corrected chi connectivity index (χ4v) is 2.71. The molecule has 0 unspecified atom stereocenters. The van der Waals surface area contributed by atoms with Gasteiger partial charge in [0.2, 0.25) is 6.79 Å². The summed E-state index contributed by atoms with van der Waals surface area (Å²) in [7, 11) is 3.85. The summed E-state index contributed by atoms with van der Waals surface area (Å²) in [5.74, 6) is -0.260. The molecule has 0 saturated heterocycles. The number of fused-ring (bicyclic) bond motifs is 1. The van der Waals surface area contributed by atoms with Crippen molar-refractivity contribution in [1.29, 1.82) is 0 Å². The van der Waals surface area contributed by atoms with Gasteiger partial charge in [0.1, 0.15) is 0 Å². The molecule has 0 spiro atoms. The number of carbonyl (C=O) groups is 2. The number of anilines is 1. The molecule has 7 heteroatoms. The van der Waals surface area contributed by atoms with E-state index >= 15 is 0 Å². The Balaban J connectivity index is 1.57. The number of amides is 2. The summed E-state index contributed by atoms with van der Waals surface area (Å²) < 4.78 is 10.5. The minimum Gasteiger partial charge on any atom is -0.454 e. The van der Waals surface area contributed by atoms with Crippen LogP contribution in [0.25, 0.3) is 0 Å². The molecule has 0 aromatic heterocycles. The quantitative estimate of drug-likeness (QED) is 0.799. The van der Waals surface area contributed by atoms with Crippen LogP contribution < -0.4 is 20.1 Å². The van der Waals surface area contributed by atoms with Crippen LogP contribution in [0.5, 0.6) is 11.5 Å². The average Bonchev–Trinajstić information content (AvgIpc) is 3.10. The molecule has 2 amide bonds. The van der Waals surface area contributed by atoms with Gasteiger partial charge in [0.15, 0.2) is 11.5 Å². The van der Waals surface area contributed by atoms with Crippen molar-refractivity contribution >= 4 is 17.5 Å². The molecule has 0 bridgehead atoms. The summed E-state index contributed by atoms with van der Waals surface area (Å²) in [5, 5.41) is 5.25. The van der Waals surface area contributed by atoms with Gasteiger partial charge in [-0.25, -0.2) is 0 Å². The van der Waals surface area contributed by atoms with E-state index in [1.165, 1.54) is 0 Å². The highest BCUT2D eigenvalue weighted by Crippen LogP contribution is 2.34. The summed E-state index contributed by atoms with van der Waals surface area (Å²) >= 11 is 0. The van der Waals surface area contributed by atoms with Crippen molar-refractivity contribution in [2.45, 2.75) is 6.04 Å². The van der Waals surface area contributed by atoms with Gasteiger partial charge in [-0.3, -0.25) is 9.59 Å². The highest BCUT2D eigenvalue weighted by atomic mass is 16.7. The van der Waals surface area contributed by atoms with Gasteiger partial charge in [-0.1, -0.05) is 30.3 Å². The maximum absolute atomic E-state index is 12.1. The molecule has 0 fully saturated rings. The molecule has 7 nitrogen and oxygen atoms in total. The van der Waals surface area contributed by atoms with Crippen molar-refractivity contribution in [3.63, 3.8) is 0 Å². The van der Waals surface area contributed by atoms with Crippen molar-refractivity contribution in [3.05, 3.63) is 54.1 Å². The predicted molar refractivity (Wildman–Crippen MR) is 97.1 cm³/mol. The van der Waals surface area contributed by atoms with Gasteiger partial charge in [-0.15, -0.1) is 0 Å². The van der Waals surface area contributed by atoms with Gasteiger partial charge in [0.05, 0.1) is 6.04 Å². The number of nitrogens with zero attached hydrogens (tertiary/aromatic N) is 1. The minimum atomic E-state index is -0.727. The number of rotatable bonds is 5.